The molecular formula is C16H20Cl2. The molecule has 4 unspecified atom stereocenters. The summed E-state index contributed by atoms with van der Waals surface area (Å²) in [6.45, 7) is 0. The molecule has 10 saturated carbocycles. The third-order valence-electron chi connectivity index (χ3n) is 9.36. The van der Waals surface area contributed by atoms with Gasteiger partial charge in [0.2, 0.25) is 0 Å². The first-order valence-electron chi connectivity index (χ1n) is 7.85. The summed E-state index contributed by atoms with van der Waals surface area (Å²) in [5.74, 6) is 6.04. The van der Waals surface area contributed by atoms with Crippen molar-refractivity contribution < 1.29 is 0 Å². The number of alkyl halides is 2. The van der Waals surface area contributed by atoms with Crippen molar-refractivity contribution in [2.75, 3.05) is 11.8 Å². The minimum Gasteiger partial charge on any atom is -0.126 e. The lowest BCUT2D eigenvalue weighted by Crippen LogP contribution is -2.90. The molecule has 8 bridgehead atoms. The van der Waals surface area contributed by atoms with Gasteiger partial charge in [-0.1, -0.05) is 0 Å². The van der Waals surface area contributed by atoms with E-state index in [0.717, 1.165) is 46.3 Å². The number of fused-ring (bicyclic) bond motifs is 2. The van der Waals surface area contributed by atoms with Crippen molar-refractivity contribution in [2.24, 2.45) is 45.3 Å². The van der Waals surface area contributed by atoms with Crippen LogP contribution in [-0.4, -0.2) is 11.8 Å². The minimum atomic E-state index is 0.630. The summed E-state index contributed by atoms with van der Waals surface area (Å²) < 4.78 is 0. The third-order valence-corrected chi connectivity index (χ3v) is 10.4. The van der Waals surface area contributed by atoms with E-state index in [9.17, 15) is 0 Å². The zero-order valence-corrected chi connectivity index (χ0v) is 12.2. The molecular weight excluding hydrogens is 263 g/mol. The lowest BCUT2D eigenvalue weighted by molar-refractivity contribution is -0.464. The Balaban J connectivity index is 1.44. The van der Waals surface area contributed by atoms with E-state index in [0.29, 0.717) is 10.8 Å². The standard InChI is InChI=1S/C16H20Cl2/c17-7-13-5-15(9(13)1-2-10(13)15)16-6-14(8-18)11(16)3-4-12(14)16/h9-12H,1-8H2. The van der Waals surface area contributed by atoms with Gasteiger partial charge >= 0.3 is 0 Å². The second-order valence-corrected chi connectivity index (χ2v) is 9.07. The Bertz CT molecular complexity index is 413. The molecule has 0 aliphatic heterocycles. The third kappa shape index (κ3) is 0.550. The van der Waals surface area contributed by atoms with E-state index in [2.05, 4.69) is 0 Å². The Morgan fingerprint density at radius 2 is 1.00 bits per heavy atom. The van der Waals surface area contributed by atoms with Crippen LogP contribution in [0, 0.1) is 45.3 Å². The molecule has 0 heterocycles. The molecule has 0 saturated heterocycles. The molecule has 98 valence electrons. The Labute approximate surface area is 119 Å². The van der Waals surface area contributed by atoms with Gasteiger partial charge < -0.3 is 0 Å². The summed E-state index contributed by atoms with van der Waals surface area (Å²) in [6, 6.07) is 0. The van der Waals surface area contributed by atoms with E-state index in [1.54, 1.807) is 0 Å². The predicted octanol–water partition coefficient (Wildman–Crippen LogP) is 4.30. The lowest BCUT2D eigenvalue weighted by Gasteiger charge is -2.94. The van der Waals surface area contributed by atoms with E-state index in [1.807, 2.05) is 0 Å². The lowest BCUT2D eigenvalue weighted by atomic mass is 9.10. The van der Waals surface area contributed by atoms with Crippen molar-refractivity contribution in [2.45, 2.75) is 38.5 Å². The molecule has 4 atom stereocenters. The van der Waals surface area contributed by atoms with Gasteiger partial charge in [0.1, 0.15) is 0 Å². The highest BCUT2D eigenvalue weighted by Crippen LogP contribution is 3.03. The quantitative estimate of drug-likeness (QED) is 0.678. The fourth-order valence-corrected chi connectivity index (χ4v) is 10.3. The SMILES string of the molecule is ClCC12CC3(C45CC6(CCl)C4CCC65)C1CCC23. The zero-order valence-electron chi connectivity index (χ0n) is 10.7. The highest BCUT2D eigenvalue weighted by molar-refractivity contribution is 6.19. The van der Waals surface area contributed by atoms with Gasteiger partial charge in [-0.05, 0) is 83.9 Å². The van der Waals surface area contributed by atoms with Crippen molar-refractivity contribution in [3.05, 3.63) is 0 Å². The van der Waals surface area contributed by atoms with Gasteiger partial charge in [-0.2, -0.15) is 0 Å². The fourth-order valence-electron chi connectivity index (χ4n) is 9.32. The second kappa shape index (κ2) is 2.43. The van der Waals surface area contributed by atoms with Crippen molar-refractivity contribution in [3.63, 3.8) is 0 Å². The van der Waals surface area contributed by atoms with Crippen LogP contribution in [-0.2, 0) is 0 Å². The molecule has 0 aromatic carbocycles. The monoisotopic (exact) mass is 282 g/mol. The summed E-state index contributed by atoms with van der Waals surface area (Å²) in [4.78, 5) is 0. The van der Waals surface area contributed by atoms with E-state index in [1.165, 1.54) is 38.5 Å². The van der Waals surface area contributed by atoms with Gasteiger partial charge in [0.25, 0.3) is 0 Å². The Hall–Kier alpha value is 0.580. The summed E-state index contributed by atoms with van der Waals surface area (Å²) >= 11 is 12.6. The van der Waals surface area contributed by atoms with E-state index >= 15 is 0 Å². The van der Waals surface area contributed by atoms with Gasteiger partial charge in [-0.15, -0.1) is 23.2 Å². The molecule has 0 radical (unpaired) electrons. The van der Waals surface area contributed by atoms with Crippen molar-refractivity contribution in [1.82, 2.24) is 0 Å². The van der Waals surface area contributed by atoms with Crippen molar-refractivity contribution in [1.29, 1.82) is 0 Å². The smallest absolute Gasteiger partial charge is 0.0285 e. The first-order valence-corrected chi connectivity index (χ1v) is 8.92. The molecule has 10 fully saturated rings. The maximum Gasteiger partial charge on any atom is 0.0285 e. The second-order valence-electron chi connectivity index (χ2n) is 8.53. The summed E-state index contributed by atoms with van der Waals surface area (Å²) in [5.41, 5.74) is 2.85. The van der Waals surface area contributed by atoms with Crippen LogP contribution in [0.4, 0.5) is 0 Å². The minimum absolute atomic E-state index is 0.630. The van der Waals surface area contributed by atoms with Gasteiger partial charge in [-0.25, -0.2) is 0 Å². The average molecular weight is 283 g/mol. The highest BCUT2D eigenvalue weighted by Gasteiger charge is 2.99. The van der Waals surface area contributed by atoms with Crippen molar-refractivity contribution in [3.8, 4) is 0 Å². The molecule has 0 amide bonds. The highest BCUT2D eigenvalue weighted by atomic mass is 35.5. The van der Waals surface area contributed by atoms with Crippen LogP contribution in [0.15, 0.2) is 0 Å². The van der Waals surface area contributed by atoms with Crippen LogP contribution in [0.5, 0.6) is 0 Å². The number of halogens is 2. The van der Waals surface area contributed by atoms with Crippen LogP contribution < -0.4 is 0 Å². The number of hydrogen-bond acceptors (Lipinski definition) is 0. The molecule has 0 N–H and O–H groups in total. The molecule has 0 spiro atoms. The van der Waals surface area contributed by atoms with Gasteiger partial charge in [0, 0.05) is 11.8 Å². The van der Waals surface area contributed by atoms with Crippen LogP contribution in [0.25, 0.3) is 0 Å². The fraction of sp³-hybridized carbons (Fsp3) is 1.00. The van der Waals surface area contributed by atoms with E-state index in [4.69, 9.17) is 23.2 Å². The summed E-state index contributed by atoms with van der Waals surface area (Å²) in [7, 11) is 0. The van der Waals surface area contributed by atoms with Gasteiger partial charge in [0.05, 0.1) is 0 Å². The van der Waals surface area contributed by atoms with Crippen LogP contribution >= 0.6 is 23.2 Å². The van der Waals surface area contributed by atoms with E-state index < -0.39 is 0 Å². The zero-order chi connectivity index (χ0) is 12.0. The molecule has 10 rings (SSSR count). The Morgan fingerprint density at radius 1 is 0.667 bits per heavy atom. The molecule has 10 aliphatic carbocycles. The Morgan fingerprint density at radius 3 is 1.28 bits per heavy atom. The number of hydrogen-bond donors (Lipinski definition) is 0. The van der Waals surface area contributed by atoms with Crippen LogP contribution in [0.2, 0.25) is 0 Å². The first-order chi connectivity index (χ1) is 8.73. The van der Waals surface area contributed by atoms with Crippen LogP contribution in [0.1, 0.15) is 38.5 Å². The number of rotatable bonds is 3. The molecule has 10 aliphatic rings. The van der Waals surface area contributed by atoms with Gasteiger partial charge in [-0.3, -0.25) is 0 Å². The van der Waals surface area contributed by atoms with Crippen LogP contribution in [0.3, 0.4) is 0 Å². The van der Waals surface area contributed by atoms with Crippen molar-refractivity contribution >= 4 is 23.2 Å². The molecule has 0 aromatic heterocycles. The molecule has 2 heteroatoms. The largest absolute Gasteiger partial charge is 0.126 e. The maximum absolute atomic E-state index is 6.32. The molecule has 0 aromatic rings. The van der Waals surface area contributed by atoms with E-state index in [-0.39, 0.29) is 0 Å². The topological polar surface area (TPSA) is 0 Å². The first kappa shape index (κ1) is 10.3. The average Bonchev–Trinajstić information content (AvgIpc) is 2.98. The molecule has 18 heavy (non-hydrogen) atoms. The predicted molar refractivity (Wildman–Crippen MR) is 72.8 cm³/mol. The molecule has 0 nitrogen and oxygen atoms in total. The normalized spacial score (nSPS) is 76.3. The summed E-state index contributed by atoms with van der Waals surface area (Å²) in [5, 5.41) is 0. The maximum atomic E-state index is 6.32. The van der Waals surface area contributed by atoms with Gasteiger partial charge in [0.15, 0.2) is 0 Å². The Kier molecular flexibility index (Phi) is 1.40. The summed E-state index contributed by atoms with van der Waals surface area (Å²) in [6.07, 6.45) is 9.03.